The molecule has 0 radical (unpaired) electrons. The number of nitrogens with zero attached hydrogens (tertiary/aromatic N) is 1. The van der Waals surface area contributed by atoms with Crippen molar-refractivity contribution >= 4 is 29.1 Å². The second-order valence-electron chi connectivity index (χ2n) is 5.82. The molecule has 2 aromatic carbocycles. The summed E-state index contributed by atoms with van der Waals surface area (Å²) >= 11 is 0. The van der Waals surface area contributed by atoms with Crippen LogP contribution in [0, 0.1) is 5.82 Å². The molecule has 3 aromatic rings. The first-order valence-corrected chi connectivity index (χ1v) is 8.62. The largest absolute Gasteiger partial charge is 0.462 e. The van der Waals surface area contributed by atoms with Crippen LogP contribution in [0.1, 0.15) is 27.6 Å². The fourth-order valence-corrected chi connectivity index (χ4v) is 2.39. The summed E-state index contributed by atoms with van der Waals surface area (Å²) in [4.78, 5) is 28.1. The van der Waals surface area contributed by atoms with Crippen molar-refractivity contribution in [1.29, 1.82) is 0 Å². The van der Waals surface area contributed by atoms with E-state index in [1.807, 2.05) is 0 Å². The minimum absolute atomic E-state index is 0.323. The third-order valence-electron chi connectivity index (χ3n) is 3.80. The van der Waals surface area contributed by atoms with Gasteiger partial charge in [-0.15, -0.1) is 0 Å². The van der Waals surface area contributed by atoms with Crippen LogP contribution in [0.25, 0.3) is 0 Å². The van der Waals surface area contributed by atoms with Gasteiger partial charge in [0.05, 0.1) is 17.7 Å². The number of halogens is 1. The van der Waals surface area contributed by atoms with E-state index >= 15 is 0 Å². The summed E-state index contributed by atoms with van der Waals surface area (Å²) in [7, 11) is 0. The first-order chi connectivity index (χ1) is 13.5. The molecule has 2 N–H and O–H groups in total. The summed E-state index contributed by atoms with van der Waals surface area (Å²) in [6.07, 6.45) is 1.44. The minimum atomic E-state index is -0.372. The van der Waals surface area contributed by atoms with Gasteiger partial charge in [0.25, 0.3) is 5.91 Å². The highest BCUT2D eigenvalue weighted by atomic mass is 19.1. The first kappa shape index (κ1) is 19.0. The highest BCUT2D eigenvalue weighted by Crippen LogP contribution is 2.17. The molecule has 3 rings (SSSR count). The van der Waals surface area contributed by atoms with E-state index in [4.69, 9.17) is 4.74 Å². The maximum absolute atomic E-state index is 12.9. The Kier molecular flexibility index (Phi) is 5.96. The molecule has 0 unspecified atom stereocenters. The summed E-state index contributed by atoms with van der Waals surface area (Å²) in [5.41, 5.74) is 2.07. The second-order valence-corrected chi connectivity index (χ2v) is 5.82. The summed E-state index contributed by atoms with van der Waals surface area (Å²) in [5.74, 6) is -0.541. The number of anilines is 3. The number of esters is 1. The van der Waals surface area contributed by atoms with Crippen molar-refractivity contribution < 1.29 is 18.7 Å². The lowest BCUT2D eigenvalue weighted by molar-refractivity contribution is 0.0526. The van der Waals surface area contributed by atoms with Crippen molar-refractivity contribution in [2.75, 3.05) is 17.2 Å². The van der Waals surface area contributed by atoms with Crippen molar-refractivity contribution in [3.8, 4) is 0 Å². The number of carbonyl (C=O) groups excluding carboxylic acids is 2. The van der Waals surface area contributed by atoms with Crippen LogP contribution in [0.15, 0.2) is 66.9 Å². The third kappa shape index (κ3) is 4.91. The Balaban J connectivity index is 1.61. The van der Waals surface area contributed by atoms with Gasteiger partial charge in [-0.2, -0.15) is 0 Å². The van der Waals surface area contributed by atoms with Gasteiger partial charge in [-0.3, -0.25) is 4.79 Å². The fraction of sp³-hybridized carbons (Fsp3) is 0.0952. The maximum atomic E-state index is 12.9. The predicted octanol–water partition coefficient (Wildman–Crippen LogP) is 4.39. The van der Waals surface area contributed by atoms with E-state index in [2.05, 4.69) is 15.6 Å². The lowest BCUT2D eigenvalue weighted by Crippen LogP contribution is -2.12. The highest BCUT2D eigenvalue weighted by molar-refractivity contribution is 6.04. The molecule has 0 saturated heterocycles. The van der Waals surface area contributed by atoms with Gasteiger partial charge < -0.3 is 15.4 Å². The third-order valence-corrected chi connectivity index (χ3v) is 3.80. The summed E-state index contributed by atoms with van der Waals surface area (Å²) < 4.78 is 17.9. The molecule has 0 aliphatic rings. The molecular weight excluding hydrogens is 361 g/mol. The van der Waals surface area contributed by atoms with Gasteiger partial charge in [0.1, 0.15) is 11.6 Å². The van der Waals surface area contributed by atoms with Crippen LogP contribution in [-0.4, -0.2) is 23.5 Å². The molecule has 0 aliphatic heterocycles. The van der Waals surface area contributed by atoms with E-state index in [1.54, 1.807) is 43.3 Å². The Morgan fingerprint density at radius 1 is 0.929 bits per heavy atom. The molecule has 0 saturated carbocycles. The van der Waals surface area contributed by atoms with Crippen LogP contribution in [0.4, 0.5) is 21.6 Å². The number of rotatable bonds is 6. The van der Waals surface area contributed by atoms with Crippen molar-refractivity contribution in [2.45, 2.75) is 6.92 Å². The van der Waals surface area contributed by atoms with Gasteiger partial charge in [0, 0.05) is 17.6 Å². The molecule has 142 valence electrons. The topological polar surface area (TPSA) is 80.3 Å². The second kappa shape index (κ2) is 8.77. The summed E-state index contributed by atoms with van der Waals surface area (Å²) in [6.45, 7) is 2.08. The number of hydrogen-bond donors (Lipinski definition) is 2. The SMILES string of the molecule is CCOC(=O)c1ccc(Nc2ccc(C(=O)Nc3ccc(F)cc3)cn2)cc1. The number of pyridine rings is 1. The van der Waals surface area contributed by atoms with Crippen LogP contribution in [0.2, 0.25) is 0 Å². The number of aromatic nitrogens is 1. The van der Waals surface area contributed by atoms with Gasteiger partial charge in [0.15, 0.2) is 0 Å². The van der Waals surface area contributed by atoms with Gasteiger partial charge in [-0.05, 0) is 67.6 Å². The van der Waals surface area contributed by atoms with E-state index < -0.39 is 0 Å². The molecule has 0 bridgehead atoms. The molecule has 0 atom stereocenters. The van der Waals surface area contributed by atoms with Crippen LogP contribution in [0.3, 0.4) is 0 Å². The monoisotopic (exact) mass is 379 g/mol. The maximum Gasteiger partial charge on any atom is 0.338 e. The molecule has 0 spiro atoms. The number of amides is 1. The molecule has 1 aromatic heterocycles. The van der Waals surface area contributed by atoms with Crippen LogP contribution in [0.5, 0.6) is 0 Å². The lowest BCUT2D eigenvalue weighted by atomic mass is 10.2. The Morgan fingerprint density at radius 3 is 2.18 bits per heavy atom. The molecule has 1 amide bonds. The minimum Gasteiger partial charge on any atom is -0.462 e. The smallest absolute Gasteiger partial charge is 0.338 e. The summed E-state index contributed by atoms with van der Waals surface area (Å²) in [6, 6.07) is 15.6. The Bertz CT molecular complexity index is 956. The lowest BCUT2D eigenvalue weighted by Gasteiger charge is -2.08. The van der Waals surface area contributed by atoms with Crippen LogP contribution >= 0.6 is 0 Å². The number of nitrogens with one attached hydrogen (secondary N) is 2. The van der Waals surface area contributed by atoms with E-state index in [0.29, 0.717) is 29.2 Å². The molecule has 28 heavy (non-hydrogen) atoms. The highest BCUT2D eigenvalue weighted by Gasteiger charge is 2.08. The first-order valence-electron chi connectivity index (χ1n) is 8.62. The van der Waals surface area contributed by atoms with E-state index in [1.165, 1.54) is 30.5 Å². The van der Waals surface area contributed by atoms with Crippen molar-refractivity contribution in [3.05, 3.63) is 83.8 Å². The van der Waals surface area contributed by atoms with Crippen LogP contribution < -0.4 is 10.6 Å². The van der Waals surface area contributed by atoms with Gasteiger partial charge >= 0.3 is 5.97 Å². The van der Waals surface area contributed by atoms with E-state index in [0.717, 1.165) is 5.69 Å². The molecule has 0 fully saturated rings. The number of benzene rings is 2. The number of ether oxygens (including phenoxy) is 1. The average molecular weight is 379 g/mol. The van der Waals surface area contributed by atoms with Crippen molar-refractivity contribution in [3.63, 3.8) is 0 Å². The van der Waals surface area contributed by atoms with Gasteiger partial charge in [-0.25, -0.2) is 14.2 Å². The summed E-state index contributed by atoms with van der Waals surface area (Å²) in [5, 5.41) is 5.76. The van der Waals surface area contributed by atoms with Crippen molar-refractivity contribution in [1.82, 2.24) is 4.98 Å². The molecule has 6 nitrogen and oxygen atoms in total. The molecular formula is C21H18FN3O3. The average Bonchev–Trinajstić information content (AvgIpc) is 2.71. The quantitative estimate of drug-likeness (QED) is 0.621. The Hall–Kier alpha value is -3.74. The predicted molar refractivity (Wildman–Crippen MR) is 104 cm³/mol. The van der Waals surface area contributed by atoms with Crippen LogP contribution in [-0.2, 0) is 4.74 Å². The van der Waals surface area contributed by atoms with Gasteiger partial charge in [-0.1, -0.05) is 0 Å². The van der Waals surface area contributed by atoms with E-state index in [-0.39, 0.29) is 17.7 Å². The number of carbonyl (C=O) groups is 2. The molecule has 0 aliphatic carbocycles. The molecule has 7 heteroatoms. The molecule has 1 heterocycles. The zero-order valence-corrected chi connectivity index (χ0v) is 15.1. The zero-order chi connectivity index (χ0) is 19.9. The zero-order valence-electron chi connectivity index (χ0n) is 15.1. The Morgan fingerprint density at radius 2 is 1.57 bits per heavy atom. The van der Waals surface area contributed by atoms with Gasteiger partial charge in [0.2, 0.25) is 0 Å². The van der Waals surface area contributed by atoms with Crippen molar-refractivity contribution in [2.24, 2.45) is 0 Å². The van der Waals surface area contributed by atoms with E-state index in [9.17, 15) is 14.0 Å². The normalized spacial score (nSPS) is 10.2. The standard InChI is InChI=1S/C21H18FN3O3/c1-2-28-21(27)14-3-8-17(9-4-14)24-19-12-5-15(13-23-19)20(26)25-18-10-6-16(22)7-11-18/h3-13H,2H2,1H3,(H,23,24)(H,25,26). The number of hydrogen-bond acceptors (Lipinski definition) is 5. The fourth-order valence-electron chi connectivity index (χ4n) is 2.39. The Labute approximate surface area is 161 Å².